The van der Waals surface area contributed by atoms with Crippen molar-refractivity contribution in [1.82, 2.24) is 25.1 Å². The first-order valence-electron chi connectivity index (χ1n) is 10.2. The van der Waals surface area contributed by atoms with Gasteiger partial charge in [0.15, 0.2) is 0 Å². The van der Waals surface area contributed by atoms with Gasteiger partial charge in [-0.05, 0) is 31.4 Å². The van der Waals surface area contributed by atoms with Crippen molar-refractivity contribution in [2.75, 3.05) is 11.9 Å². The second kappa shape index (κ2) is 7.67. The van der Waals surface area contributed by atoms with Gasteiger partial charge in [0.1, 0.15) is 0 Å². The minimum absolute atomic E-state index is 0.168. The molecule has 0 saturated heterocycles. The van der Waals surface area contributed by atoms with Crippen LogP contribution in [0.3, 0.4) is 0 Å². The van der Waals surface area contributed by atoms with Crippen LogP contribution in [-0.4, -0.2) is 32.2 Å². The third kappa shape index (κ3) is 3.97. The highest BCUT2D eigenvalue weighted by Crippen LogP contribution is 2.59. The normalized spacial score (nSPS) is 21.9. The second-order valence-corrected chi connectivity index (χ2v) is 8.47. The average molecular weight is 434 g/mol. The molecular formula is C22H20ClN7O. The molecule has 2 aromatic heterocycles. The van der Waals surface area contributed by atoms with E-state index in [0.29, 0.717) is 34.7 Å². The highest BCUT2D eigenvalue weighted by molar-refractivity contribution is 6.31. The largest absolute Gasteiger partial charge is 0.350 e. The summed E-state index contributed by atoms with van der Waals surface area (Å²) in [5, 5.41) is 20.6. The van der Waals surface area contributed by atoms with Crippen LogP contribution in [0, 0.1) is 16.7 Å². The van der Waals surface area contributed by atoms with Crippen molar-refractivity contribution < 1.29 is 4.79 Å². The van der Waals surface area contributed by atoms with Gasteiger partial charge in [0, 0.05) is 24.2 Å². The predicted molar refractivity (Wildman–Crippen MR) is 115 cm³/mol. The molecule has 2 saturated carbocycles. The molecule has 8 nitrogen and oxygen atoms in total. The Morgan fingerprint density at radius 1 is 1.29 bits per heavy atom. The van der Waals surface area contributed by atoms with Gasteiger partial charge in [0.2, 0.25) is 5.95 Å². The van der Waals surface area contributed by atoms with Crippen LogP contribution >= 0.6 is 11.6 Å². The molecule has 2 N–H and O–H groups in total. The average Bonchev–Trinajstić information content (AvgIpc) is 3.72. The van der Waals surface area contributed by atoms with Gasteiger partial charge in [-0.2, -0.15) is 10.4 Å². The molecular weight excluding hydrogens is 414 g/mol. The number of carbonyl (C=O) groups excluding carboxylic acids is 1. The Morgan fingerprint density at radius 3 is 2.84 bits per heavy atom. The van der Waals surface area contributed by atoms with E-state index >= 15 is 0 Å². The number of hydrogen-bond acceptors (Lipinski definition) is 6. The lowest BCUT2D eigenvalue weighted by molar-refractivity contribution is 0.0948. The van der Waals surface area contributed by atoms with Gasteiger partial charge < -0.3 is 10.6 Å². The van der Waals surface area contributed by atoms with Crippen molar-refractivity contribution >= 4 is 29.1 Å². The fourth-order valence-electron chi connectivity index (χ4n) is 3.71. The molecule has 3 aromatic rings. The summed E-state index contributed by atoms with van der Waals surface area (Å²) < 4.78 is 1.94. The molecule has 5 rings (SSSR count). The number of halogens is 1. The van der Waals surface area contributed by atoms with E-state index in [1.807, 2.05) is 16.9 Å². The van der Waals surface area contributed by atoms with Crippen molar-refractivity contribution in [3.63, 3.8) is 0 Å². The first kappa shape index (κ1) is 19.5. The number of benzene rings is 1. The number of amides is 1. The van der Waals surface area contributed by atoms with E-state index < -0.39 is 5.41 Å². The topological polar surface area (TPSA) is 109 Å². The molecule has 2 aliphatic carbocycles. The van der Waals surface area contributed by atoms with Crippen LogP contribution in [0.2, 0.25) is 5.02 Å². The monoisotopic (exact) mass is 433 g/mol. The number of aromatic nitrogens is 4. The van der Waals surface area contributed by atoms with Crippen molar-refractivity contribution in [3.05, 3.63) is 65.2 Å². The lowest BCUT2D eigenvalue weighted by atomic mass is 10.0. The minimum atomic E-state index is -0.726. The number of nitrogens with zero attached hydrogens (tertiary/aromatic N) is 5. The number of hydrogen-bond donors (Lipinski definition) is 2. The molecule has 0 radical (unpaired) electrons. The maximum absolute atomic E-state index is 12.4. The lowest BCUT2D eigenvalue weighted by Gasteiger charge is -2.12. The van der Waals surface area contributed by atoms with E-state index in [0.717, 1.165) is 18.5 Å². The molecule has 1 amide bonds. The molecule has 0 spiro atoms. The van der Waals surface area contributed by atoms with Crippen molar-refractivity contribution in [2.24, 2.45) is 5.41 Å². The van der Waals surface area contributed by atoms with Gasteiger partial charge in [-0.25, -0.2) is 9.97 Å². The van der Waals surface area contributed by atoms with Gasteiger partial charge in [0.25, 0.3) is 5.91 Å². The maximum Gasteiger partial charge on any atom is 0.251 e. The summed E-state index contributed by atoms with van der Waals surface area (Å²) in [6, 6.07) is 11.8. The van der Waals surface area contributed by atoms with Gasteiger partial charge in [-0.1, -0.05) is 29.8 Å². The van der Waals surface area contributed by atoms with E-state index in [1.54, 1.807) is 36.7 Å². The fourth-order valence-corrected chi connectivity index (χ4v) is 3.93. The molecule has 156 valence electrons. The molecule has 0 bridgehead atoms. The Hall–Kier alpha value is -3.44. The second-order valence-electron chi connectivity index (χ2n) is 8.07. The van der Waals surface area contributed by atoms with Crippen LogP contribution in [0.1, 0.15) is 47.3 Å². The smallest absolute Gasteiger partial charge is 0.251 e. The van der Waals surface area contributed by atoms with Crippen molar-refractivity contribution in [1.29, 1.82) is 5.26 Å². The zero-order valence-electron chi connectivity index (χ0n) is 16.6. The van der Waals surface area contributed by atoms with E-state index in [1.165, 1.54) is 0 Å². The first-order valence-corrected chi connectivity index (χ1v) is 10.5. The summed E-state index contributed by atoms with van der Waals surface area (Å²) in [4.78, 5) is 21.2. The zero-order valence-corrected chi connectivity index (χ0v) is 17.4. The summed E-state index contributed by atoms with van der Waals surface area (Å²) in [6.45, 7) is 0.235. The maximum atomic E-state index is 12.4. The van der Waals surface area contributed by atoms with Crippen LogP contribution in [-0.2, 0) is 0 Å². The third-order valence-electron chi connectivity index (χ3n) is 5.78. The molecule has 0 aliphatic heterocycles. The summed E-state index contributed by atoms with van der Waals surface area (Å²) in [7, 11) is 0. The number of anilines is 2. The third-order valence-corrected chi connectivity index (χ3v) is 6.07. The quantitative estimate of drug-likeness (QED) is 0.586. The number of rotatable bonds is 7. The molecule has 2 heterocycles. The van der Waals surface area contributed by atoms with Crippen LogP contribution in [0.4, 0.5) is 11.6 Å². The van der Waals surface area contributed by atoms with Gasteiger partial charge in [-0.15, -0.1) is 0 Å². The molecule has 2 unspecified atom stereocenters. The summed E-state index contributed by atoms with van der Waals surface area (Å²) in [6.07, 6.45) is 8.11. The van der Waals surface area contributed by atoms with Crippen LogP contribution in [0.25, 0.3) is 0 Å². The standard InChI is InChI=1S/C22H20ClN7O/c23-18-10-25-21(28-15-9-27-30(11-15)16-6-7-16)29-19(18)17-8-22(17,12-24)13-26-20(31)14-4-2-1-3-5-14/h1-5,9-11,16-17H,6-8,13H2,(H,26,31)(H,25,28,29). The lowest BCUT2D eigenvalue weighted by Crippen LogP contribution is -2.30. The number of nitrogens with one attached hydrogen (secondary N) is 2. The molecule has 2 fully saturated rings. The van der Waals surface area contributed by atoms with Crippen molar-refractivity contribution in [3.8, 4) is 6.07 Å². The summed E-state index contributed by atoms with van der Waals surface area (Å²) >= 11 is 6.36. The Balaban J connectivity index is 1.28. The molecule has 2 atom stereocenters. The number of carbonyl (C=O) groups is 1. The van der Waals surface area contributed by atoms with E-state index in [2.05, 4.69) is 31.8 Å². The van der Waals surface area contributed by atoms with Crippen LogP contribution < -0.4 is 10.6 Å². The molecule has 31 heavy (non-hydrogen) atoms. The first-order chi connectivity index (χ1) is 15.1. The van der Waals surface area contributed by atoms with Gasteiger partial charge in [-0.3, -0.25) is 9.48 Å². The highest BCUT2D eigenvalue weighted by atomic mass is 35.5. The molecule has 9 heteroatoms. The van der Waals surface area contributed by atoms with E-state index in [-0.39, 0.29) is 18.4 Å². The Labute approximate surface area is 184 Å². The van der Waals surface area contributed by atoms with Crippen molar-refractivity contribution in [2.45, 2.75) is 31.2 Å². The number of nitriles is 1. The fraction of sp³-hybridized carbons (Fsp3) is 0.318. The van der Waals surface area contributed by atoms with E-state index in [4.69, 9.17) is 11.6 Å². The predicted octanol–water partition coefficient (Wildman–Crippen LogP) is 3.83. The Bertz CT molecular complexity index is 1170. The van der Waals surface area contributed by atoms with Crippen LogP contribution in [0.15, 0.2) is 48.9 Å². The van der Waals surface area contributed by atoms with Crippen LogP contribution in [0.5, 0.6) is 0 Å². The van der Waals surface area contributed by atoms with Gasteiger partial charge >= 0.3 is 0 Å². The molecule has 1 aromatic carbocycles. The Kier molecular flexibility index (Phi) is 4.83. The SMILES string of the molecule is N#CC1(CNC(=O)c2ccccc2)CC1c1nc(Nc2cnn(C3CC3)c2)ncc1Cl. The summed E-state index contributed by atoms with van der Waals surface area (Å²) in [5.41, 5.74) is 1.25. The van der Waals surface area contributed by atoms with Gasteiger partial charge in [0.05, 0.1) is 46.3 Å². The molecule has 2 aliphatic rings. The Morgan fingerprint density at radius 2 is 2.10 bits per heavy atom. The minimum Gasteiger partial charge on any atom is -0.350 e. The van der Waals surface area contributed by atoms with E-state index in [9.17, 15) is 10.1 Å². The highest BCUT2D eigenvalue weighted by Gasteiger charge is 2.57. The summed E-state index contributed by atoms with van der Waals surface area (Å²) in [5.74, 6) is 0.0327. The zero-order chi connectivity index (χ0) is 21.4.